The zero-order valence-electron chi connectivity index (χ0n) is 11.8. The maximum Gasteiger partial charge on any atom is 0.240 e. The summed E-state index contributed by atoms with van der Waals surface area (Å²) in [5.74, 6) is -0.190. The van der Waals surface area contributed by atoms with Gasteiger partial charge in [0.1, 0.15) is 0 Å². The first-order valence-electron chi connectivity index (χ1n) is 6.64. The molecule has 0 saturated heterocycles. The molecule has 1 N–H and O–H groups in total. The lowest BCUT2D eigenvalue weighted by Gasteiger charge is -2.21. The van der Waals surface area contributed by atoms with Crippen molar-refractivity contribution >= 4 is 11.8 Å². The van der Waals surface area contributed by atoms with E-state index in [0.717, 1.165) is 12.0 Å². The summed E-state index contributed by atoms with van der Waals surface area (Å²) < 4.78 is 0. The van der Waals surface area contributed by atoms with Gasteiger partial charge < -0.3 is 10.2 Å². The molecular formula is C15H22N2O2. The molecule has 1 aromatic rings. The maximum atomic E-state index is 11.9. The Hall–Kier alpha value is -1.84. The highest BCUT2D eigenvalue weighted by Crippen LogP contribution is 2.10. The molecule has 1 rings (SSSR count). The van der Waals surface area contributed by atoms with Gasteiger partial charge in [0.15, 0.2) is 0 Å². The summed E-state index contributed by atoms with van der Waals surface area (Å²) in [4.78, 5) is 24.8. The lowest BCUT2D eigenvalue weighted by atomic mass is 10.1. The molecule has 0 spiro atoms. The highest BCUT2D eigenvalue weighted by molar-refractivity contribution is 5.84. The Bertz CT molecular complexity index is 417. The second-order valence-electron chi connectivity index (χ2n) is 4.64. The molecule has 0 aliphatic rings. The van der Waals surface area contributed by atoms with Gasteiger partial charge >= 0.3 is 0 Å². The van der Waals surface area contributed by atoms with Crippen LogP contribution in [0.2, 0.25) is 0 Å². The molecule has 1 aromatic carbocycles. The molecular weight excluding hydrogens is 240 g/mol. The zero-order chi connectivity index (χ0) is 14.3. The van der Waals surface area contributed by atoms with Gasteiger partial charge in [0.05, 0.1) is 12.6 Å². The van der Waals surface area contributed by atoms with Gasteiger partial charge in [-0.3, -0.25) is 9.59 Å². The van der Waals surface area contributed by atoms with Crippen molar-refractivity contribution < 1.29 is 9.59 Å². The van der Waals surface area contributed by atoms with Crippen molar-refractivity contribution in [3.8, 4) is 0 Å². The second kappa shape index (κ2) is 7.56. The standard InChI is InChI=1S/C15H22N2O2/c1-4-10-17(13(3)18)11-15(19)16-12(2)14-8-6-5-7-9-14/h5-9,12H,4,10-11H2,1-3H3,(H,16,19). The van der Waals surface area contributed by atoms with Crippen molar-refractivity contribution in [3.05, 3.63) is 35.9 Å². The lowest BCUT2D eigenvalue weighted by molar-refractivity contribution is -0.134. The highest BCUT2D eigenvalue weighted by Gasteiger charge is 2.14. The fourth-order valence-corrected chi connectivity index (χ4v) is 1.90. The van der Waals surface area contributed by atoms with Crippen molar-refractivity contribution in [2.45, 2.75) is 33.2 Å². The number of carbonyl (C=O) groups excluding carboxylic acids is 2. The largest absolute Gasteiger partial charge is 0.348 e. The molecule has 1 unspecified atom stereocenters. The molecule has 1 atom stereocenters. The summed E-state index contributed by atoms with van der Waals surface area (Å²) in [5.41, 5.74) is 1.06. The quantitative estimate of drug-likeness (QED) is 0.853. The van der Waals surface area contributed by atoms with Gasteiger partial charge in [-0.1, -0.05) is 37.3 Å². The normalized spacial score (nSPS) is 11.7. The molecule has 0 radical (unpaired) electrons. The first kappa shape index (κ1) is 15.2. The molecule has 0 aliphatic carbocycles. The van der Waals surface area contributed by atoms with Crippen LogP contribution in [0, 0.1) is 0 Å². The van der Waals surface area contributed by atoms with Crippen molar-refractivity contribution in [2.24, 2.45) is 0 Å². The van der Waals surface area contributed by atoms with Gasteiger partial charge in [0, 0.05) is 13.5 Å². The van der Waals surface area contributed by atoms with E-state index < -0.39 is 0 Å². The summed E-state index contributed by atoms with van der Waals surface area (Å²) in [6.45, 7) is 6.15. The van der Waals surface area contributed by atoms with Crippen molar-refractivity contribution in [3.63, 3.8) is 0 Å². The third kappa shape index (κ3) is 5.12. The number of nitrogens with zero attached hydrogens (tertiary/aromatic N) is 1. The van der Waals surface area contributed by atoms with Crippen LogP contribution in [-0.2, 0) is 9.59 Å². The van der Waals surface area contributed by atoms with Crippen LogP contribution in [0.1, 0.15) is 38.8 Å². The Morgan fingerprint density at radius 1 is 1.26 bits per heavy atom. The fraction of sp³-hybridized carbons (Fsp3) is 0.467. The van der Waals surface area contributed by atoms with E-state index in [0.29, 0.717) is 6.54 Å². The van der Waals surface area contributed by atoms with E-state index in [2.05, 4.69) is 5.32 Å². The van der Waals surface area contributed by atoms with Crippen LogP contribution >= 0.6 is 0 Å². The minimum atomic E-state index is -0.125. The molecule has 0 heterocycles. The van der Waals surface area contributed by atoms with Gasteiger partial charge in [-0.25, -0.2) is 0 Å². The van der Waals surface area contributed by atoms with Gasteiger partial charge in [0.25, 0.3) is 0 Å². The summed E-state index contributed by atoms with van der Waals surface area (Å²) >= 11 is 0. The Kier molecular flexibility index (Phi) is 6.06. The summed E-state index contributed by atoms with van der Waals surface area (Å²) in [5, 5.41) is 2.91. The third-order valence-corrected chi connectivity index (χ3v) is 2.95. The van der Waals surface area contributed by atoms with Crippen LogP contribution in [0.15, 0.2) is 30.3 Å². The number of rotatable bonds is 6. The van der Waals surface area contributed by atoms with Crippen LogP contribution in [0.4, 0.5) is 0 Å². The summed E-state index contributed by atoms with van der Waals surface area (Å²) in [6, 6.07) is 9.72. The van der Waals surface area contributed by atoms with E-state index in [9.17, 15) is 9.59 Å². The number of hydrogen-bond donors (Lipinski definition) is 1. The minimum absolute atomic E-state index is 0.0517. The molecule has 4 heteroatoms. The van der Waals surface area contributed by atoms with Gasteiger partial charge in [-0.2, -0.15) is 0 Å². The van der Waals surface area contributed by atoms with Crippen molar-refractivity contribution in [1.29, 1.82) is 0 Å². The first-order chi connectivity index (χ1) is 9.04. The van der Waals surface area contributed by atoms with Gasteiger partial charge in [-0.15, -0.1) is 0 Å². The predicted octanol–water partition coefficient (Wildman–Crippen LogP) is 2.12. The molecule has 0 saturated carbocycles. The van der Waals surface area contributed by atoms with Crippen molar-refractivity contribution in [2.75, 3.05) is 13.1 Å². The van der Waals surface area contributed by atoms with Gasteiger partial charge in [-0.05, 0) is 18.9 Å². The molecule has 0 aliphatic heterocycles. The average molecular weight is 262 g/mol. The molecule has 104 valence electrons. The Labute approximate surface area is 114 Å². The Balaban J connectivity index is 2.52. The Morgan fingerprint density at radius 2 is 1.89 bits per heavy atom. The minimum Gasteiger partial charge on any atom is -0.348 e. The monoisotopic (exact) mass is 262 g/mol. The smallest absolute Gasteiger partial charge is 0.240 e. The van der Waals surface area contributed by atoms with Crippen LogP contribution in [-0.4, -0.2) is 29.8 Å². The number of benzene rings is 1. The number of hydrogen-bond acceptors (Lipinski definition) is 2. The maximum absolute atomic E-state index is 11.9. The molecule has 19 heavy (non-hydrogen) atoms. The SMILES string of the molecule is CCCN(CC(=O)NC(C)c1ccccc1)C(C)=O. The van der Waals surface area contributed by atoms with Crippen LogP contribution in [0.25, 0.3) is 0 Å². The van der Waals surface area contributed by atoms with Crippen LogP contribution in [0.5, 0.6) is 0 Å². The van der Waals surface area contributed by atoms with Crippen LogP contribution < -0.4 is 5.32 Å². The van der Waals surface area contributed by atoms with E-state index in [-0.39, 0.29) is 24.4 Å². The first-order valence-corrected chi connectivity index (χ1v) is 6.64. The molecule has 0 fully saturated rings. The lowest BCUT2D eigenvalue weighted by Crippen LogP contribution is -2.40. The number of carbonyl (C=O) groups is 2. The molecule has 0 aromatic heterocycles. The predicted molar refractivity (Wildman–Crippen MR) is 75.5 cm³/mol. The molecule has 2 amide bonds. The number of amides is 2. The zero-order valence-corrected chi connectivity index (χ0v) is 11.8. The number of nitrogens with one attached hydrogen (secondary N) is 1. The topological polar surface area (TPSA) is 49.4 Å². The van der Waals surface area contributed by atoms with Crippen molar-refractivity contribution in [1.82, 2.24) is 10.2 Å². The molecule has 4 nitrogen and oxygen atoms in total. The summed E-state index contributed by atoms with van der Waals surface area (Å²) in [7, 11) is 0. The van der Waals surface area contributed by atoms with E-state index in [1.54, 1.807) is 4.90 Å². The average Bonchev–Trinajstić information content (AvgIpc) is 2.39. The van der Waals surface area contributed by atoms with E-state index >= 15 is 0 Å². The fourth-order valence-electron chi connectivity index (χ4n) is 1.90. The highest BCUT2D eigenvalue weighted by atomic mass is 16.2. The van der Waals surface area contributed by atoms with Crippen LogP contribution in [0.3, 0.4) is 0 Å². The van der Waals surface area contributed by atoms with E-state index in [1.807, 2.05) is 44.2 Å². The Morgan fingerprint density at radius 3 is 2.42 bits per heavy atom. The molecule has 0 bridgehead atoms. The van der Waals surface area contributed by atoms with E-state index in [4.69, 9.17) is 0 Å². The summed E-state index contributed by atoms with van der Waals surface area (Å²) in [6.07, 6.45) is 0.848. The van der Waals surface area contributed by atoms with E-state index in [1.165, 1.54) is 6.92 Å². The van der Waals surface area contributed by atoms with Gasteiger partial charge in [0.2, 0.25) is 11.8 Å². The third-order valence-electron chi connectivity index (χ3n) is 2.95. The second-order valence-corrected chi connectivity index (χ2v) is 4.64.